The second kappa shape index (κ2) is 6.05. The number of anilines is 2. The van der Waals surface area contributed by atoms with Crippen LogP contribution in [0.25, 0.3) is 0 Å². The molecule has 0 spiro atoms. The van der Waals surface area contributed by atoms with Crippen LogP contribution in [0.3, 0.4) is 0 Å². The Kier molecular flexibility index (Phi) is 4.42. The Morgan fingerprint density at radius 2 is 2.33 bits per heavy atom. The van der Waals surface area contributed by atoms with Crippen LogP contribution in [0.5, 0.6) is 0 Å². The summed E-state index contributed by atoms with van der Waals surface area (Å²) < 4.78 is 18.3. The van der Waals surface area contributed by atoms with Crippen LogP contribution in [-0.2, 0) is 4.74 Å². The lowest BCUT2D eigenvalue weighted by Crippen LogP contribution is -2.32. The van der Waals surface area contributed by atoms with Crippen LogP contribution in [0.15, 0.2) is 18.2 Å². The molecule has 1 N–H and O–H groups in total. The van der Waals surface area contributed by atoms with Crippen LogP contribution >= 0.6 is 0 Å². The van der Waals surface area contributed by atoms with E-state index in [4.69, 9.17) is 4.74 Å². The molecular weight excluding hydrogens is 231 g/mol. The molecule has 1 aliphatic heterocycles. The van der Waals surface area contributed by atoms with Gasteiger partial charge in [-0.3, -0.25) is 0 Å². The first-order valence-electron chi connectivity index (χ1n) is 6.58. The Bertz CT molecular complexity index is 391. The minimum absolute atomic E-state index is 0.313. The number of nitrogens with one attached hydrogen (secondary N) is 1. The zero-order chi connectivity index (χ0) is 13.0. The number of rotatable bonds is 5. The van der Waals surface area contributed by atoms with Gasteiger partial charge in [0, 0.05) is 25.4 Å². The SMILES string of the molecule is CCN(CC1CCCO1)c1ccc(C)c(NF)c1. The molecule has 0 aliphatic carbocycles. The van der Waals surface area contributed by atoms with Crippen molar-refractivity contribution in [3.8, 4) is 0 Å². The summed E-state index contributed by atoms with van der Waals surface area (Å²) >= 11 is 0. The summed E-state index contributed by atoms with van der Waals surface area (Å²) in [6.07, 6.45) is 2.58. The molecule has 1 aromatic carbocycles. The fourth-order valence-electron chi connectivity index (χ4n) is 2.36. The van der Waals surface area contributed by atoms with Crippen molar-refractivity contribution in [3.63, 3.8) is 0 Å². The Balaban J connectivity index is 2.10. The van der Waals surface area contributed by atoms with Crippen molar-refractivity contribution < 1.29 is 9.22 Å². The zero-order valence-electron chi connectivity index (χ0n) is 11.1. The van der Waals surface area contributed by atoms with Crippen molar-refractivity contribution in [2.75, 3.05) is 30.1 Å². The average Bonchev–Trinajstić information content (AvgIpc) is 2.89. The molecule has 1 atom stereocenters. The summed E-state index contributed by atoms with van der Waals surface area (Å²) in [5.74, 6) is 0. The van der Waals surface area contributed by atoms with Gasteiger partial charge in [-0.05, 0) is 44.4 Å². The third-order valence-corrected chi connectivity index (χ3v) is 3.52. The minimum atomic E-state index is 0.313. The van der Waals surface area contributed by atoms with E-state index in [2.05, 4.69) is 11.8 Å². The lowest BCUT2D eigenvalue weighted by molar-refractivity contribution is 0.115. The highest BCUT2D eigenvalue weighted by Crippen LogP contribution is 2.25. The van der Waals surface area contributed by atoms with Gasteiger partial charge < -0.3 is 9.64 Å². The molecule has 0 radical (unpaired) electrons. The van der Waals surface area contributed by atoms with Crippen molar-refractivity contribution >= 4 is 11.4 Å². The number of hydrogen-bond acceptors (Lipinski definition) is 3. The van der Waals surface area contributed by atoms with Crippen LogP contribution in [0.2, 0.25) is 0 Å². The molecule has 0 saturated carbocycles. The highest BCUT2D eigenvalue weighted by atomic mass is 19.2. The Hall–Kier alpha value is -1.29. The van der Waals surface area contributed by atoms with Gasteiger partial charge in [-0.1, -0.05) is 6.07 Å². The molecule has 0 bridgehead atoms. The molecule has 1 aliphatic rings. The third kappa shape index (κ3) is 2.93. The van der Waals surface area contributed by atoms with E-state index in [1.165, 1.54) is 0 Å². The van der Waals surface area contributed by atoms with Gasteiger partial charge in [-0.2, -0.15) is 0 Å². The monoisotopic (exact) mass is 252 g/mol. The average molecular weight is 252 g/mol. The van der Waals surface area contributed by atoms with Crippen LogP contribution in [0.1, 0.15) is 25.3 Å². The van der Waals surface area contributed by atoms with Crippen LogP contribution in [0.4, 0.5) is 15.9 Å². The minimum Gasteiger partial charge on any atom is -0.376 e. The molecule has 0 amide bonds. The van der Waals surface area contributed by atoms with Gasteiger partial charge in [-0.25, -0.2) is 5.54 Å². The lowest BCUT2D eigenvalue weighted by Gasteiger charge is -2.26. The highest BCUT2D eigenvalue weighted by Gasteiger charge is 2.19. The second-order valence-corrected chi connectivity index (χ2v) is 4.77. The predicted octanol–water partition coefficient (Wildman–Crippen LogP) is 3.30. The van der Waals surface area contributed by atoms with Gasteiger partial charge in [0.15, 0.2) is 0 Å². The fourth-order valence-corrected chi connectivity index (χ4v) is 2.36. The van der Waals surface area contributed by atoms with Gasteiger partial charge in [0.1, 0.15) is 0 Å². The number of nitrogens with zero attached hydrogens (tertiary/aromatic N) is 1. The topological polar surface area (TPSA) is 24.5 Å². The number of benzene rings is 1. The maximum Gasteiger partial charge on any atom is 0.0750 e. The van der Waals surface area contributed by atoms with E-state index >= 15 is 0 Å². The molecule has 18 heavy (non-hydrogen) atoms. The van der Waals surface area contributed by atoms with Crippen molar-refractivity contribution in [1.29, 1.82) is 0 Å². The van der Waals surface area contributed by atoms with Gasteiger partial charge in [0.2, 0.25) is 0 Å². The molecule has 1 saturated heterocycles. The van der Waals surface area contributed by atoms with E-state index in [0.717, 1.165) is 43.8 Å². The van der Waals surface area contributed by atoms with E-state index in [0.29, 0.717) is 11.8 Å². The van der Waals surface area contributed by atoms with Gasteiger partial charge in [-0.15, -0.1) is 4.48 Å². The van der Waals surface area contributed by atoms with E-state index in [-0.39, 0.29) is 0 Å². The van der Waals surface area contributed by atoms with Crippen LogP contribution in [0, 0.1) is 6.92 Å². The van der Waals surface area contributed by atoms with Gasteiger partial charge >= 0.3 is 0 Å². The zero-order valence-corrected chi connectivity index (χ0v) is 11.1. The number of aryl methyl sites for hydroxylation is 1. The lowest BCUT2D eigenvalue weighted by atomic mass is 10.1. The van der Waals surface area contributed by atoms with E-state index in [1.807, 2.05) is 25.1 Å². The maximum atomic E-state index is 12.6. The maximum absolute atomic E-state index is 12.6. The fraction of sp³-hybridized carbons (Fsp3) is 0.571. The highest BCUT2D eigenvalue weighted by molar-refractivity contribution is 5.61. The molecule has 3 nitrogen and oxygen atoms in total. The first-order valence-corrected chi connectivity index (χ1v) is 6.58. The van der Waals surface area contributed by atoms with Gasteiger partial charge in [0.05, 0.1) is 11.8 Å². The summed E-state index contributed by atoms with van der Waals surface area (Å²) in [5, 5.41) is 0. The van der Waals surface area contributed by atoms with Crippen molar-refractivity contribution in [2.45, 2.75) is 32.8 Å². The van der Waals surface area contributed by atoms with Crippen LogP contribution < -0.4 is 10.4 Å². The molecular formula is C14H21FN2O. The standard InChI is InChI=1S/C14H21FN2O/c1-3-17(10-13-5-4-8-18-13)12-7-6-11(2)14(9-12)16-15/h6-7,9,13,16H,3-5,8,10H2,1-2H3. The number of halogens is 1. The third-order valence-electron chi connectivity index (χ3n) is 3.52. The quantitative estimate of drug-likeness (QED) is 0.814. The van der Waals surface area contributed by atoms with Crippen molar-refractivity contribution in [2.24, 2.45) is 0 Å². The molecule has 2 rings (SSSR count). The van der Waals surface area contributed by atoms with Crippen LogP contribution in [-0.4, -0.2) is 25.8 Å². The summed E-state index contributed by atoms with van der Waals surface area (Å²) in [6, 6.07) is 5.83. The summed E-state index contributed by atoms with van der Waals surface area (Å²) in [4.78, 5) is 2.23. The Morgan fingerprint density at radius 3 is 2.94 bits per heavy atom. The largest absolute Gasteiger partial charge is 0.376 e. The first kappa shape index (κ1) is 13.1. The number of hydrogen-bond donors (Lipinski definition) is 1. The van der Waals surface area contributed by atoms with E-state index < -0.39 is 0 Å². The first-order chi connectivity index (χ1) is 8.74. The summed E-state index contributed by atoms with van der Waals surface area (Å²) in [7, 11) is 0. The Labute approximate surface area is 108 Å². The van der Waals surface area contributed by atoms with Crippen molar-refractivity contribution in [3.05, 3.63) is 23.8 Å². The molecule has 4 heteroatoms. The normalized spacial score (nSPS) is 18.9. The van der Waals surface area contributed by atoms with E-state index in [1.54, 1.807) is 5.54 Å². The molecule has 1 heterocycles. The summed E-state index contributed by atoms with van der Waals surface area (Å²) in [6.45, 7) is 6.65. The number of likely N-dealkylation sites (N-methyl/N-ethyl adjacent to an activating group) is 1. The molecule has 1 aromatic rings. The van der Waals surface area contributed by atoms with Gasteiger partial charge in [0.25, 0.3) is 0 Å². The Morgan fingerprint density at radius 1 is 1.50 bits per heavy atom. The smallest absolute Gasteiger partial charge is 0.0750 e. The number of ether oxygens (including phenoxy) is 1. The predicted molar refractivity (Wildman–Crippen MR) is 72.8 cm³/mol. The van der Waals surface area contributed by atoms with E-state index in [9.17, 15) is 4.48 Å². The molecule has 100 valence electrons. The second-order valence-electron chi connectivity index (χ2n) is 4.77. The molecule has 0 aromatic heterocycles. The molecule has 1 unspecified atom stereocenters. The van der Waals surface area contributed by atoms with Crippen molar-refractivity contribution in [1.82, 2.24) is 0 Å². The molecule has 1 fully saturated rings. The summed E-state index contributed by atoms with van der Waals surface area (Å²) in [5.41, 5.74) is 4.24.